The van der Waals surface area contributed by atoms with Crippen LogP contribution < -0.4 is 4.74 Å². The number of rotatable bonds is 7. The average molecular weight is 437 g/mol. The van der Waals surface area contributed by atoms with E-state index in [4.69, 9.17) is 4.74 Å². The van der Waals surface area contributed by atoms with E-state index in [1.165, 1.54) is 48.8 Å². The molecule has 0 unspecified atom stereocenters. The molecule has 4 rings (SSSR count). The monoisotopic (exact) mass is 436 g/mol. The van der Waals surface area contributed by atoms with Crippen molar-refractivity contribution in [2.24, 2.45) is 5.92 Å². The van der Waals surface area contributed by atoms with Gasteiger partial charge in [-0.2, -0.15) is 0 Å². The van der Waals surface area contributed by atoms with Gasteiger partial charge >= 0.3 is 0 Å². The second kappa shape index (κ2) is 11.8. The normalized spacial score (nSPS) is 17.8. The zero-order valence-electron chi connectivity index (χ0n) is 20.1. The van der Waals surface area contributed by atoms with Gasteiger partial charge in [0.1, 0.15) is 5.75 Å². The van der Waals surface area contributed by atoms with Crippen molar-refractivity contribution in [3.05, 3.63) is 89.5 Å². The summed E-state index contributed by atoms with van der Waals surface area (Å²) in [4.78, 5) is 0. The minimum atomic E-state index is 0.735. The van der Waals surface area contributed by atoms with Crippen LogP contribution in [0.4, 0.5) is 0 Å². The van der Waals surface area contributed by atoms with Crippen molar-refractivity contribution in [3.63, 3.8) is 0 Å². The van der Waals surface area contributed by atoms with Gasteiger partial charge in [0.05, 0.1) is 6.61 Å². The lowest BCUT2D eigenvalue weighted by molar-refractivity contribution is 0.309. The lowest BCUT2D eigenvalue weighted by Gasteiger charge is -2.28. The van der Waals surface area contributed by atoms with Crippen molar-refractivity contribution in [3.8, 4) is 28.7 Å². The Hall–Kier alpha value is -2.98. The van der Waals surface area contributed by atoms with Crippen molar-refractivity contribution in [1.29, 1.82) is 0 Å². The second-order valence-electron chi connectivity index (χ2n) is 9.30. The highest BCUT2D eigenvalue weighted by Crippen LogP contribution is 2.36. The molecule has 0 bridgehead atoms. The fourth-order valence-electron chi connectivity index (χ4n) is 4.71. The molecule has 1 heteroatoms. The van der Waals surface area contributed by atoms with Gasteiger partial charge < -0.3 is 4.74 Å². The zero-order chi connectivity index (χ0) is 22.9. The first-order valence-electron chi connectivity index (χ1n) is 12.7. The molecule has 1 fully saturated rings. The Morgan fingerprint density at radius 3 is 1.79 bits per heavy atom. The van der Waals surface area contributed by atoms with E-state index in [0.717, 1.165) is 48.2 Å². The summed E-state index contributed by atoms with van der Waals surface area (Å²) in [6.45, 7) is 5.29. The van der Waals surface area contributed by atoms with E-state index in [0.29, 0.717) is 0 Å². The van der Waals surface area contributed by atoms with Crippen LogP contribution >= 0.6 is 0 Å². The maximum absolute atomic E-state index is 5.76. The number of ether oxygens (including phenoxy) is 1. The summed E-state index contributed by atoms with van der Waals surface area (Å²) in [6.07, 6.45) is 9.02. The van der Waals surface area contributed by atoms with Crippen LogP contribution in [0.5, 0.6) is 5.75 Å². The van der Waals surface area contributed by atoms with Gasteiger partial charge in [-0.25, -0.2) is 0 Å². The van der Waals surface area contributed by atoms with E-state index in [9.17, 15) is 0 Å². The lowest BCUT2D eigenvalue weighted by atomic mass is 9.78. The van der Waals surface area contributed by atoms with Gasteiger partial charge in [0.15, 0.2) is 0 Å². The van der Waals surface area contributed by atoms with Gasteiger partial charge in [-0.3, -0.25) is 0 Å². The molecule has 0 atom stereocenters. The van der Waals surface area contributed by atoms with E-state index in [2.05, 4.69) is 98.5 Å². The SMILES string of the molecule is CCCCOc1ccc(-c2ccc(C#Cc3ccc([C@H]4CC[C@H](CC)CC4)cc3)cc2)cc1. The molecule has 0 radical (unpaired) electrons. The van der Waals surface area contributed by atoms with Crippen molar-refractivity contribution >= 4 is 0 Å². The Balaban J connectivity index is 1.34. The minimum Gasteiger partial charge on any atom is -0.494 e. The van der Waals surface area contributed by atoms with Crippen LogP contribution in [-0.2, 0) is 0 Å². The van der Waals surface area contributed by atoms with E-state index in [1.807, 2.05) is 0 Å². The van der Waals surface area contributed by atoms with E-state index < -0.39 is 0 Å². The zero-order valence-corrected chi connectivity index (χ0v) is 20.1. The summed E-state index contributed by atoms with van der Waals surface area (Å²) in [6, 6.07) is 25.8. The van der Waals surface area contributed by atoms with Crippen LogP contribution in [-0.4, -0.2) is 6.61 Å². The molecule has 0 aromatic heterocycles. The molecule has 0 amide bonds. The fraction of sp³-hybridized carbons (Fsp3) is 0.375. The quantitative estimate of drug-likeness (QED) is 0.266. The molecule has 3 aromatic rings. The molecular weight excluding hydrogens is 400 g/mol. The second-order valence-corrected chi connectivity index (χ2v) is 9.30. The van der Waals surface area contributed by atoms with Crippen molar-refractivity contribution in [1.82, 2.24) is 0 Å². The molecule has 0 saturated heterocycles. The van der Waals surface area contributed by atoms with Gasteiger partial charge in [-0.15, -0.1) is 0 Å². The van der Waals surface area contributed by atoms with Gasteiger partial charge in [0.2, 0.25) is 0 Å². The molecule has 1 aliphatic carbocycles. The summed E-state index contributed by atoms with van der Waals surface area (Å²) >= 11 is 0. The summed E-state index contributed by atoms with van der Waals surface area (Å²) in [5.74, 6) is 9.27. The molecule has 0 N–H and O–H groups in total. The number of unbranched alkanes of at least 4 members (excludes halogenated alkanes) is 1. The van der Waals surface area contributed by atoms with E-state index in [-0.39, 0.29) is 0 Å². The molecule has 0 heterocycles. The third kappa shape index (κ3) is 6.52. The molecule has 1 aliphatic rings. The minimum absolute atomic E-state index is 0.735. The van der Waals surface area contributed by atoms with Gasteiger partial charge in [0, 0.05) is 11.1 Å². The summed E-state index contributed by atoms with van der Waals surface area (Å²) in [5, 5.41) is 0. The maximum atomic E-state index is 5.76. The maximum Gasteiger partial charge on any atom is 0.119 e. The Kier molecular flexibility index (Phi) is 8.26. The van der Waals surface area contributed by atoms with Crippen molar-refractivity contribution < 1.29 is 4.74 Å². The van der Waals surface area contributed by atoms with Gasteiger partial charge in [-0.1, -0.05) is 74.9 Å². The molecule has 1 saturated carbocycles. The summed E-state index contributed by atoms with van der Waals surface area (Å²) in [7, 11) is 0. The smallest absolute Gasteiger partial charge is 0.119 e. The highest BCUT2D eigenvalue weighted by atomic mass is 16.5. The Morgan fingerprint density at radius 2 is 1.24 bits per heavy atom. The third-order valence-corrected chi connectivity index (χ3v) is 7.00. The predicted octanol–water partition coefficient (Wildman–Crippen LogP) is 8.62. The predicted molar refractivity (Wildman–Crippen MR) is 140 cm³/mol. The average Bonchev–Trinajstić information content (AvgIpc) is 2.89. The van der Waals surface area contributed by atoms with Crippen LogP contribution in [0.25, 0.3) is 11.1 Å². The first kappa shape index (κ1) is 23.2. The van der Waals surface area contributed by atoms with Crippen LogP contribution in [0.2, 0.25) is 0 Å². The number of hydrogen-bond donors (Lipinski definition) is 0. The highest BCUT2D eigenvalue weighted by molar-refractivity contribution is 5.65. The fourth-order valence-corrected chi connectivity index (χ4v) is 4.71. The third-order valence-electron chi connectivity index (χ3n) is 7.00. The Labute approximate surface area is 200 Å². The van der Waals surface area contributed by atoms with Crippen molar-refractivity contribution in [2.75, 3.05) is 6.61 Å². The topological polar surface area (TPSA) is 9.23 Å². The van der Waals surface area contributed by atoms with Crippen LogP contribution in [0, 0.1) is 17.8 Å². The van der Waals surface area contributed by atoms with Crippen LogP contribution in [0.15, 0.2) is 72.8 Å². The van der Waals surface area contributed by atoms with Crippen molar-refractivity contribution in [2.45, 2.75) is 64.7 Å². The standard InChI is InChI=1S/C32H36O/c1-3-5-24-33-32-22-20-31(21-23-32)30-18-12-27(13-19-30)7-6-26-10-16-29(17-11-26)28-14-8-25(4-2)9-15-28/h10-13,16-23,25,28H,3-5,8-9,14-15,24H2,1-2H3/t25-,28-. The number of benzene rings is 3. The van der Waals surface area contributed by atoms with E-state index >= 15 is 0 Å². The molecule has 0 spiro atoms. The molecule has 1 nitrogen and oxygen atoms in total. The first-order valence-corrected chi connectivity index (χ1v) is 12.7. The lowest BCUT2D eigenvalue weighted by Crippen LogP contribution is -2.12. The first-order chi connectivity index (χ1) is 16.2. The van der Waals surface area contributed by atoms with Crippen LogP contribution in [0.3, 0.4) is 0 Å². The molecule has 33 heavy (non-hydrogen) atoms. The molecule has 3 aromatic carbocycles. The van der Waals surface area contributed by atoms with E-state index in [1.54, 1.807) is 0 Å². The molecule has 170 valence electrons. The Bertz CT molecular complexity index is 1040. The van der Waals surface area contributed by atoms with Gasteiger partial charge in [-0.05, 0) is 97.0 Å². The van der Waals surface area contributed by atoms with Gasteiger partial charge in [0.25, 0.3) is 0 Å². The molecule has 0 aliphatic heterocycles. The summed E-state index contributed by atoms with van der Waals surface area (Å²) in [5.41, 5.74) is 6.01. The number of hydrogen-bond acceptors (Lipinski definition) is 1. The molecular formula is C32H36O. The Morgan fingerprint density at radius 1 is 0.697 bits per heavy atom. The largest absolute Gasteiger partial charge is 0.494 e. The highest BCUT2D eigenvalue weighted by Gasteiger charge is 2.20. The summed E-state index contributed by atoms with van der Waals surface area (Å²) < 4.78 is 5.76. The van der Waals surface area contributed by atoms with Crippen LogP contribution in [0.1, 0.15) is 81.4 Å².